The molecule has 100 valence electrons. The van der Waals surface area contributed by atoms with Gasteiger partial charge in [0.05, 0.1) is 0 Å². The molecular weight excluding hydrogens is 208 g/mol. The Morgan fingerprint density at radius 1 is 1.18 bits per heavy atom. The first-order valence-electron chi connectivity index (χ1n) is 7.55. The summed E-state index contributed by atoms with van der Waals surface area (Å²) in [6.45, 7) is 8.43. The summed E-state index contributed by atoms with van der Waals surface area (Å²) in [6.07, 6.45) is 9.72. The van der Waals surface area contributed by atoms with Crippen LogP contribution < -0.4 is 5.73 Å². The summed E-state index contributed by atoms with van der Waals surface area (Å²) in [6, 6.07) is 0.421. The third-order valence-corrected chi connectivity index (χ3v) is 4.70. The molecule has 1 atom stereocenters. The highest BCUT2D eigenvalue weighted by molar-refractivity contribution is 4.84. The molecule has 0 radical (unpaired) electrons. The van der Waals surface area contributed by atoms with E-state index in [1.54, 1.807) is 0 Å². The molecule has 0 aromatic heterocycles. The molecule has 0 aromatic rings. The lowest BCUT2D eigenvalue weighted by Crippen LogP contribution is -2.48. The van der Waals surface area contributed by atoms with Crippen LogP contribution in [0.25, 0.3) is 0 Å². The van der Waals surface area contributed by atoms with Crippen molar-refractivity contribution in [3.05, 3.63) is 0 Å². The van der Waals surface area contributed by atoms with Crippen molar-refractivity contribution in [2.24, 2.45) is 17.1 Å². The number of nitrogens with zero attached hydrogens (tertiary/aromatic N) is 1. The number of hydrogen-bond donors (Lipinski definition) is 1. The van der Waals surface area contributed by atoms with Crippen molar-refractivity contribution in [1.29, 1.82) is 0 Å². The Balaban J connectivity index is 1.79. The normalized spacial score (nSPS) is 29.1. The summed E-state index contributed by atoms with van der Waals surface area (Å²) in [7, 11) is 0. The maximum atomic E-state index is 6.43. The lowest BCUT2D eigenvalue weighted by atomic mass is 9.82. The highest BCUT2D eigenvalue weighted by atomic mass is 15.1. The summed E-state index contributed by atoms with van der Waals surface area (Å²) in [5, 5.41) is 0. The molecule has 1 heterocycles. The van der Waals surface area contributed by atoms with Gasteiger partial charge in [-0.25, -0.2) is 0 Å². The molecule has 2 nitrogen and oxygen atoms in total. The summed E-state index contributed by atoms with van der Waals surface area (Å²) >= 11 is 0. The Morgan fingerprint density at radius 3 is 2.53 bits per heavy atom. The third kappa shape index (κ3) is 3.96. The topological polar surface area (TPSA) is 29.3 Å². The van der Waals surface area contributed by atoms with Crippen molar-refractivity contribution in [2.75, 3.05) is 19.6 Å². The van der Waals surface area contributed by atoms with Gasteiger partial charge in [0.1, 0.15) is 0 Å². The Morgan fingerprint density at radius 2 is 1.88 bits per heavy atom. The van der Waals surface area contributed by atoms with Crippen LogP contribution in [0.5, 0.6) is 0 Å². The molecule has 0 bridgehead atoms. The first-order chi connectivity index (χ1) is 8.07. The fourth-order valence-electron chi connectivity index (χ4n) is 3.71. The summed E-state index contributed by atoms with van der Waals surface area (Å²) in [5.41, 5.74) is 6.93. The van der Waals surface area contributed by atoms with Gasteiger partial charge in [-0.1, -0.05) is 33.1 Å². The van der Waals surface area contributed by atoms with Crippen LogP contribution in [0.1, 0.15) is 58.8 Å². The smallest absolute Gasteiger partial charge is 0.0196 e. The molecule has 1 saturated heterocycles. The van der Waals surface area contributed by atoms with Crippen LogP contribution in [-0.2, 0) is 0 Å². The molecule has 2 aliphatic rings. The first-order valence-corrected chi connectivity index (χ1v) is 7.55. The largest absolute Gasteiger partial charge is 0.326 e. The van der Waals surface area contributed by atoms with E-state index in [-0.39, 0.29) is 0 Å². The van der Waals surface area contributed by atoms with Crippen molar-refractivity contribution >= 4 is 0 Å². The van der Waals surface area contributed by atoms with Crippen LogP contribution in [0.2, 0.25) is 0 Å². The number of hydrogen-bond acceptors (Lipinski definition) is 2. The second-order valence-electron chi connectivity index (χ2n) is 7.06. The molecular formula is C15H30N2. The predicted molar refractivity (Wildman–Crippen MR) is 74.0 cm³/mol. The second-order valence-corrected chi connectivity index (χ2v) is 7.06. The lowest BCUT2D eigenvalue weighted by molar-refractivity contribution is 0.100. The number of rotatable bonds is 3. The van der Waals surface area contributed by atoms with Crippen LogP contribution in [-0.4, -0.2) is 30.6 Å². The van der Waals surface area contributed by atoms with E-state index >= 15 is 0 Å². The number of piperidine rings is 1. The summed E-state index contributed by atoms with van der Waals surface area (Å²) < 4.78 is 0. The molecule has 0 spiro atoms. The van der Waals surface area contributed by atoms with E-state index in [0.717, 1.165) is 12.5 Å². The maximum absolute atomic E-state index is 6.43. The van der Waals surface area contributed by atoms with Crippen molar-refractivity contribution < 1.29 is 0 Å². The quantitative estimate of drug-likeness (QED) is 0.819. The Hall–Kier alpha value is -0.0800. The molecule has 2 rings (SSSR count). The van der Waals surface area contributed by atoms with Gasteiger partial charge in [-0.15, -0.1) is 0 Å². The molecule has 2 heteroatoms. The maximum Gasteiger partial charge on any atom is 0.0196 e. The molecule has 1 aliphatic carbocycles. The van der Waals surface area contributed by atoms with Crippen molar-refractivity contribution in [1.82, 2.24) is 4.90 Å². The van der Waals surface area contributed by atoms with Gasteiger partial charge in [0.25, 0.3) is 0 Å². The minimum absolute atomic E-state index is 0.421. The van der Waals surface area contributed by atoms with Crippen molar-refractivity contribution in [3.8, 4) is 0 Å². The van der Waals surface area contributed by atoms with Crippen molar-refractivity contribution in [2.45, 2.75) is 64.8 Å². The number of likely N-dealkylation sites (tertiary alicyclic amines) is 1. The second kappa shape index (κ2) is 5.71. The van der Waals surface area contributed by atoms with Crippen molar-refractivity contribution in [3.63, 3.8) is 0 Å². The van der Waals surface area contributed by atoms with Gasteiger partial charge >= 0.3 is 0 Å². The van der Waals surface area contributed by atoms with Gasteiger partial charge in [0.2, 0.25) is 0 Å². The Bertz CT molecular complexity index is 231. The van der Waals surface area contributed by atoms with Gasteiger partial charge in [-0.2, -0.15) is 0 Å². The first kappa shape index (κ1) is 13.4. The molecule has 1 unspecified atom stereocenters. The monoisotopic (exact) mass is 238 g/mol. The van der Waals surface area contributed by atoms with Crippen LogP contribution in [0.3, 0.4) is 0 Å². The van der Waals surface area contributed by atoms with E-state index in [4.69, 9.17) is 5.73 Å². The predicted octanol–water partition coefficient (Wildman–Crippen LogP) is 3.02. The van der Waals surface area contributed by atoms with Gasteiger partial charge in [-0.3, -0.25) is 0 Å². The molecule has 2 fully saturated rings. The SMILES string of the molecule is CC1(C)CCCN(CC(N)C2CCCCC2)C1. The minimum Gasteiger partial charge on any atom is -0.326 e. The van der Waals surface area contributed by atoms with Crippen LogP contribution in [0.4, 0.5) is 0 Å². The minimum atomic E-state index is 0.421. The highest BCUT2D eigenvalue weighted by Crippen LogP contribution is 2.30. The highest BCUT2D eigenvalue weighted by Gasteiger charge is 2.29. The van der Waals surface area contributed by atoms with E-state index in [1.807, 2.05) is 0 Å². The van der Waals surface area contributed by atoms with Crippen LogP contribution >= 0.6 is 0 Å². The standard InChI is InChI=1S/C15H30N2/c1-15(2)9-6-10-17(12-15)11-14(16)13-7-4-3-5-8-13/h13-14H,3-12,16H2,1-2H3. The fourth-order valence-corrected chi connectivity index (χ4v) is 3.71. The third-order valence-electron chi connectivity index (χ3n) is 4.70. The zero-order chi connectivity index (χ0) is 12.3. The molecule has 1 saturated carbocycles. The van der Waals surface area contributed by atoms with Gasteiger partial charge in [-0.05, 0) is 43.6 Å². The fraction of sp³-hybridized carbons (Fsp3) is 1.00. The summed E-state index contributed by atoms with van der Waals surface area (Å²) in [5.74, 6) is 0.800. The molecule has 0 aromatic carbocycles. The molecule has 1 aliphatic heterocycles. The van der Waals surface area contributed by atoms with E-state index in [2.05, 4.69) is 18.7 Å². The Labute approximate surface area is 107 Å². The van der Waals surface area contributed by atoms with E-state index in [9.17, 15) is 0 Å². The van der Waals surface area contributed by atoms with Crippen LogP contribution in [0, 0.1) is 11.3 Å². The van der Waals surface area contributed by atoms with Crippen LogP contribution in [0.15, 0.2) is 0 Å². The van der Waals surface area contributed by atoms with E-state index < -0.39 is 0 Å². The molecule has 17 heavy (non-hydrogen) atoms. The van der Waals surface area contributed by atoms with Gasteiger partial charge < -0.3 is 10.6 Å². The van der Waals surface area contributed by atoms with Gasteiger partial charge in [0, 0.05) is 19.1 Å². The number of nitrogens with two attached hydrogens (primary N) is 1. The Kier molecular flexibility index (Phi) is 4.48. The average molecular weight is 238 g/mol. The molecule has 2 N–H and O–H groups in total. The zero-order valence-corrected chi connectivity index (χ0v) is 11.8. The molecule has 0 amide bonds. The zero-order valence-electron chi connectivity index (χ0n) is 11.8. The lowest BCUT2D eigenvalue weighted by Gasteiger charge is -2.40. The van der Waals surface area contributed by atoms with E-state index in [1.165, 1.54) is 58.0 Å². The van der Waals surface area contributed by atoms with E-state index in [0.29, 0.717) is 11.5 Å². The van der Waals surface area contributed by atoms with Gasteiger partial charge in [0.15, 0.2) is 0 Å². The average Bonchev–Trinajstić information content (AvgIpc) is 2.29. The summed E-state index contributed by atoms with van der Waals surface area (Å²) in [4.78, 5) is 2.61.